The number of thiocarbonyl (C=S) groups is 1. The van der Waals surface area contributed by atoms with Gasteiger partial charge in [-0.2, -0.15) is 0 Å². The molecule has 0 spiro atoms. The summed E-state index contributed by atoms with van der Waals surface area (Å²) >= 11 is 4.79. The van der Waals surface area contributed by atoms with E-state index in [0.29, 0.717) is 16.5 Å². The molecule has 1 aliphatic carbocycles. The summed E-state index contributed by atoms with van der Waals surface area (Å²) in [5.41, 5.74) is 1.30. The van der Waals surface area contributed by atoms with Crippen molar-refractivity contribution in [2.24, 2.45) is 4.99 Å². The van der Waals surface area contributed by atoms with Gasteiger partial charge in [0, 0.05) is 11.0 Å². The van der Waals surface area contributed by atoms with Crippen LogP contribution in [0.2, 0.25) is 0 Å². The second kappa shape index (κ2) is 2.74. The van der Waals surface area contributed by atoms with Crippen molar-refractivity contribution in [1.82, 2.24) is 5.32 Å². The highest BCUT2D eigenvalue weighted by atomic mass is 32.1. The number of allylic oxidation sites excluding steroid dienone is 1. The van der Waals surface area contributed by atoms with Gasteiger partial charge >= 0.3 is 0 Å². The van der Waals surface area contributed by atoms with Crippen LogP contribution < -0.4 is 5.32 Å². The first-order valence-electron chi connectivity index (χ1n) is 3.60. The molecule has 1 N–H and O–H groups in total. The fourth-order valence-corrected chi connectivity index (χ4v) is 1.39. The maximum atomic E-state index is 10.4. The number of nitrogens with zero attached hydrogens (tertiary/aromatic N) is 2. The molecule has 66 valence electrons. The zero-order chi connectivity index (χ0) is 9.42. The van der Waals surface area contributed by atoms with Gasteiger partial charge in [0.15, 0.2) is 5.11 Å². The van der Waals surface area contributed by atoms with E-state index in [9.17, 15) is 10.1 Å². The zero-order valence-corrected chi connectivity index (χ0v) is 7.25. The molecule has 0 aromatic heterocycles. The number of nitro groups is 1. The molecule has 0 aromatic carbocycles. The highest BCUT2D eigenvalue weighted by Crippen LogP contribution is 2.13. The molecule has 2 rings (SSSR count). The molecule has 1 atom stereocenters. The normalized spacial score (nSPS) is 24.6. The lowest BCUT2D eigenvalue weighted by Crippen LogP contribution is -2.23. The van der Waals surface area contributed by atoms with E-state index in [1.54, 1.807) is 6.08 Å². The van der Waals surface area contributed by atoms with Crippen molar-refractivity contribution in [3.8, 4) is 0 Å². The number of rotatable bonds is 1. The summed E-state index contributed by atoms with van der Waals surface area (Å²) in [7, 11) is 0. The number of hydrogen-bond donors (Lipinski definition) is 1. The standard InChI is InChI=1S/C7H5N3O2S/c11-10(12)4-1-2-5-6(3-4)9-7(13)8-5/h1-4H,(H,9,13). The lowest BCUT2D eigenvalue weighted by Gasteiger charge is -2.06. The van der Waals surface area contributed by atoms with Gasteiger partial charge in [0.1, 0.15) is 0 Å². The maximum absolute atomic E-state index is 10.4. The SMILES string of the molecule is O=[N+]([O-])C1C=CC2=NC(=S)NC2=C1. The first-order chi connectivity index (χ1) is 6.16. The molecule has 0 saturated heterocycles. The van der Waals surface area contributed by atoms with Gasteiger partial charge in [-0.3, -0.25) is 10.1 Å². The second-order valence-electron chi connectivity index (χ2n) is 2.64. The van der Waals surface area contributed by atoms with E-state index >= 15 is 0 Å². The largest absolute Gasteiger partial charge is 0.329 e. The van der Waals surface area contributed by atoms with Crippen LogP contribution in [0.15, 0.2) is 28.9 Å². The molecule has 13 heavy (non-hydrogen) atoms. The minimum atomic E-state index is -0.776. The average Bonchev–Trinajstić information content (AvgIpc) is 2.42. The highest BCUT2D eigenvalue weighted by Gasteiger charge is 2.24. The Morgan fingerprint density at radius 3 is 3.15 bits per heavy atom. The first kappa shape index (κ1) is 8.06. The third-order valence-corrected chi connectivity index (χ3v) is 1.97. The molecule has 0 amide bonds. The molecule has 2 aliphatic rings. The number of fused-ring (bicyclic) bond motifs is 1. The van der Waals surface area contributed by atoms with Gasteiger partial charge in [-0.05, 0) is 24.4 Å². The Morgan fingerprint density at radius 1 is 1.69 bits per heavy atom. The smallest absolute Gasteiger partial charge is 0.252 e. The summed E-state index contributed by atoms with van der Waals surface area (Å²) in [5, 5.41) is 13.6. The Labute approximate surface area is 79.0 Å². The fraction of sp³-hybridized carbons (Fsp3) is 0.143. The Hall–Kier alpha value is -1.56. The van der Waals surface area contributed by atoms with Crippen molar-refractivity contribution in [2.45, 2.75) is 6.04 Å². The van der Waals surface area contributed by atoms with Gasteiger partial charge in [-0.15, -0.1) is 0 Å². The molecule has 0 saturated carbocycles. The molecule has 5 nitrogen and oxygen atoms in total. The van der Waals surface area contributed by atoms with Gasteiger partial charge in [0.05, 0.1) is 11.4 Å². The highest BCUT2D eigenvalue weighted by molar-refractivity contribution is 7.80. The molecule has 1 unspecified atom stereocenters. The Kier molecular flexibility index (Phi) is 1.70. The van der Waals surface area contributed by atoms with Crippen molar-refractivity contribution < 1.29 is 4.92 Å². The molecular weight excluding hydrogens is 190 g/mol. The van der Waals surface area contributed by atoms with E-state index < -0.39 is 6.04 Å². The summed E-state index contributed by atoms with van der Waals surface area (Å²) in [5.74, 6) is 0. The quantitative estimate of drug-likeness (QED) is 0.374. The molecule has 1 aliphatic heterocycles. The van der Waals surface area contributed by atoms with Crippen LogP contribution >= 0.6 is 12.2 Å². The molecule has 0 bridgehead atoms. The molecular formula is C7H5N3O2S. The van der Waals surface area contributed by atoms with Crippen molar-refractivity contribution in [3.05, 3.63) is 34.0 Å². The predicted octanol–water partition coefficient (Wildman–Crippen LogP) is 0.414. The average molecular weight is 195 g/mol. The Bertz CT molecular complexity index is 383. The van der Waals surface area contributed by atoms with Crippen molar-refractivity contribution in [3.63, 3.8) is 0 Å². The number of nitrogens with one attached hydrogen (secondary N) is 1. The van der Waals surface area contributed by atoms with Crippen molar-refractivity contribution in [2.75, 3.05) is 0 Å². The van der Waals surface area contributed by atoms with Crippen LogP contribution in [-0.4, -0.2) is 21.8 Å². The van der Waals surface area contributed by atoms with Gasteiger partial charge in [0.25, 0.3) is 6.04 Å². The van der Waals surface area contributed by atoms with E-state index in [0.717, 1.165) is 0 Å². The molecule has 0 radical (unpaired) electrons. The number of aliphatic imine (C=N–C) groups is 1. The van der Waals surface area contributed by atoms with E-state index in [2.05, 4.69) is 10.3 Å². The number of hydrogen-bond acceptors (Lipinski definition) is 3. The van der Waals surface area contributed by atoms with Gasteiger partial charge in [-0.1, -0.05) is 0 Å². The van der Waals surface area contributed by atoms with Crippen LogP contribution in [0.5, 0.6) is 0 Å². The zero-order valence-electron chi connectivity index (χ0n) is 6.43. The van der Waals surface area contributed by atoms with Gasteiger partial charge in [-0.25, -0.2) is 4.99 Å². The van der Waals surface area contributed by atoms with E-state index in [1.165, 1.54) is 12.2 Å². The third kappa shape index (κ3) is 1.35. The van der Waals surface area contributed by atoms with Crippen LogP contribution in [0, 0.1) is 10.1 Å². The van der Waals surface area contributed by atoms with Gasteiger partial charge < -0.3 is 5.32 Å². The van der Waals surface area contributed by atoms with Crippen LogP contribution in [0.3, 0.4) is 0 Å². The van der Waals surface area contributed by atoms with Crippen LogP contribution in [0.25, 0.3) is 0 Å². The van der Waals surface area contributed by atoms with Gasteiger partial charge in [0.2, 0.25) is 0 Å². The Morgan fingerprint density at radius 2 is 2.46 bits per heavy atom. The lowest BCUT2D eigenvalue weighted by molar-refractivity contribution is -0.496. The summed E-state index contributed by atoms with van der Waals surface area (Å²) in [6.45, 7) is 0. The summed E-state index contributed by atoms with van der Waals surface area (Å²) in [6, 6.07) is -0.776. The van der Waals surface area contributed by atoms with Crippen LogP contribution in [0.1, 0.15) is 0 Å². The molecule has 6 heteroatoms. The summed E-state index contributed by atoms with van der Waals surface area (Å²) < 4.78 is 0. The third-order valence-electron chi connectivity index (χ3n) is 1.77. The van der Waals surface area contributed by atoms with Crippen molar-refractivity contribution >= 4 is 23.0 Å². The lowest BCUT2D eigenvalue weighted by atomic mass is 10.1. The molecule has 0 aromatic rings. The van der Waals surface area contributed by atoms with Crippen LogP contribution in [-0.2, 0) is 0 Å². The predicted molar refractivity (Wildman–Crippen MR) is 51.2 cm³/mol. The molecule has 1 heterocycles. The van der Waals surface area contributed by atoms with E-state index in [1.807, 2.05) is 0 Å². The second-order valence-corrected chi connectivity index (χ2v) is 3.03. The van der Waals surface area contributed by atoms with Crippen LogP contribution in [0.4, 0.5) is 0 Å². The summed E-state index contributed by atoms with van der Waals surface area (Å²) in [6.07, 6.45) is 4.59. The monoisotopic (exact) mass is 195 g/mol. The first-order valence-corrected chi connectivity index (χ1v) is 4.01. The van der Waals surface area contributed by atoms with Crippen molar-refractivity contribution in [1.29, 1.82) is 0 Å². The fourth-order valence-electron chi connectivity index (χ4n) is 1.18. The minimum absolute atomic E-state index is 0.356. The maximum Gasteiger partial charge on any atom is 0.252 e. The molecule has 0 fully saturated rings. The minimum Gasteiger partial charge on any atom is -0.329 e. The summed E-state index contributed by atoms with van der Waals surface area (Å²) in [4.78, 5) is 14.0. The topological polar surface area (TPSA) is 67.5 Å². The van der Waals surface area contributed by atoms with E-state index in [-0.39, 0.29) is 4.92 Å². The van der Waals surface area contributed by atoms with E-state index in [4.69, 9.17) is 12.2 Å². The Balaban J connectivity index is 2.32.